The number of carbonyl (C=O) groups excluding carboxylic acids is 1. The number of aliphatic carboxylic acids is 1. The fourth-order valence-corrected chi connectivity index (χ4v) is 3.32. The van der Waals surface area contributed by atoms with Crippen LogP contribution in [-0.2, 0) is 4.79 Å². The first-order chi connectivity index (χ1) is 12.9. The van der Waals surface area contributed by atoms with Gasteiger partial charge in [0.25, 0.3) is 5.91 Å². The van der Waals surface area contributed by atoms with Gasteiger partial charge in [0, 0.05) is 17.7 Å². The molecule has 3 rings (SSSR count). The Labute approximate surface area is 155 Å². The molecule has 1 aliphatic carbocycles. The van der Waals surface area contributed by atoms with Crippen molar-refractivity contribution in [3.8, 4) is 16.9 Å². The second-order valence-corrected chi connectivity index (χ2v) is 6.56. The molecule has 0 unspecified atom stereocenters. The third-order valence-electron chi connectivity index (χ3n) is 4.82. The molecule has 142 valence electrons. The van der Waals surface area contributed by atoms with E-state index in [1.807, 2.05) is 0 Å². The van der Waals surface area contributed by atoms with E-state index in [2.05, 4.69) is 5.32 Å². The molecule has 0 aromatic heterocycles. The van der Waals surface area contributed by atoms with E-state index in [1.54, 1.807) is 6.07 Å². The average Bonchev–Trinajstić information content (AvgIpc) is 3.10. The first kappa shape index (κ1) is 18.8. The van der Waals surface area contributed by atoms with Crippen LogP contribution in [0.5, 0.6) is 5.75 Å². The van der Waals surface area contributed by atoms with E-state index >= 15 is 0 Å². The summed E-state index contributed by atoms with van der Waals surface area (Å²) in [5, 5.41) is 11.7. The van der Waals surface area contributed by atoms with Gasteiger partial charge in [0.15, 0.2) is 0 Å². The van der Waals surface area contributed by atoms with Crippen molar-refractivity contribution in [1.29, 1.82) is 0 Å². The highest BCUT2D eigenvalue weighted by molar-refractivity contribution is 5.95. The molecule has 0 heterocycles. The van der Waals surface area contributed by atoms with E-state index in [9.17, 15) is 18.4 Å². The maximum atomic E-state index is 14.4. The van der Waals surface area contributed by atoms with Crippen molar-refractivity contribution >= 4 is 11.9 Å². The fraction of sp³-hybridized carbons (Fsp3) is 0.300. The number of rotatable bonds is 5. The van der Waals surface area contributed by atoms with Crippen molar-refractivity contribution in [2.45, 2.75) is 25.3 Å². The Morgan fingerprint density at radius 2 is 1.89 bits per heavy atom. The molecule has 7 heteroatoms. The number of ether oxygens (including phenoxy) is 1. The van der Waals surface area contributed by atoms with Gasteiger partial charge in [0.2, 0.25) is 0 Å². The molecule has 5 nitrogen and oxygen atoms in total. The molecular weight excluding hydrogens is 356 g/mol. The van der Waals surface area contributed by atoms with E-state index in [0.717, 1.165) is 6.07 Å². The van der Waals surface area contributed by atoms with Crippen molar-refractivity contribution in [1.82, 2.24) is 5.32 Å². The van der Waals surface area contributed by atoms with Gasteiger partial charge >= 0.3 is 5.97 Å². The lowest BCUT2D eigenvalue weighted by molar-refractivity contribution is -0.141. The molecule has 2 aromatic carbocycles. The summed E-state index contributed by atoms with van der Waals surface area (Å²) >= 11 is 0. The summed E-state index contributed by atoms with van der Waals surface area (Å²) < 4.78 is 33.5. The zero-order chi connectivity index (χ0) is 19.6. The van der Waals surface area contributed by atoms with Crippen LogP contribution >= 0.6 is 0 Å². The smallest absolute Gasteiger partial charge is 0.306 e. The van der Waals surface area contributed by atoms with Crippen molar-refractivity contribution in [2.75, 3.05) is 7.11 Å². The Morgan fingerprint density at radius 1 is 1.11 bits per heavy atom. The zero-order valence-electron chi connectivity index (χ0n) is 14.7. The van der Waals surface area contributed by atoms with Gasteiger partial charge in [0.1, 0.15) is 17.4 Å². The molecule has 0 radical (unpaired) electrons. The van der Waals surface area contributed by atoms with E-state index in [-0.39, 0.29) is 17.2 Å². The lowest BCUT2D eigenvalue weighted by Crippen LogP contribution is -2.33. The van der Waals surface area contributed by atoms with Crippen molar-refractivity contribution in [2.24, 2.45) is 5.92 Å². The van der Waals surface area contributed by atoms with Crippen LogP contribution in [0.2, 0.25) is 0 Å². The summed E-state index contributed by atoms with van der Waals surface area (Å²) in [7, 11) is 1.42. The average molecular weight is 375 g/mol. The highest BCUT2D eigenvalue weighted by Gasteiger charge is 2.31. The molecule has 2 aromatic rings. The van der Waals surface area contributed by atoms with E-state index in [0.29, 0.717) is 30.6 Å². The number of benzene rings is 2. The number of methoxy groups -OCH3 is 1. The summed E-state index contributed by atoms with van der Waals surface area (Å²) in [6.07, 6.45) is 1.36. The number of amides is 1. The first-order valence-corrected chi connectivity index (χ1v) is 8.56. The topological polar surface area (TPSA) is 75.6 Å². The second-order valence-electron chi connectivity index (χ2n) is 6.56. The maximum Gasteiger partial charge on any atom is 0.306 e. The van der Waals surface area contributed by atoms with Crippen LogP contribution in [0.25, 0.3) is 11.1 Å². The number of carboxylic acids is 1. The van der Waals surface area contributed by atoms with Crippen molar-refractivity contribution in [3.05, 3.63) is 53.6 Å². The molecule has 0 aliphatic heterocycles. The highest BCUT2D eigenvalue weighted by Crippen LogP contribution is 2.29. The Kier molecular flexibility index (Phi) is 5.39. The molecule has 0 spiro atoms. The third-order valence-corrected chi connectivity index (χ3v) is 4.82. The van der Waals surface area contributed by atoms with E-state index in [1.165, 1.54) is 31.4 Å². The molecule has 27 heavy (non-hydrogen) atoms. The monoisotopic (exact) mass is 375 g/mol. The Hall–Kier alpha value is -2.96. The Balaban J connectivity index is 1.75. The van der Waals surface area contributed by atoms with Gasteiger partial charge in [0.05, 0.1) is 18.6 Å². The number of halogens is 2. The van der Waals surface area contributed by atoms with Gasteiger partial charge in [-0.05, 0) is 49.1 Å². The van der Waals surface area contributed by atoms with E-state index in [4.69, 9.17) is 9.84 Å². The van der Waals surface area contributed by atoms with Crippen LogP contribution in [0.15, 0.2) is 36.4 Å². The third kappa shape index (κ3) is 4.07. The highest BCUT2D eigenvalue weighted by atomic mass is 19.1. The zero-order valence-corrected chi connectivity index (χ0v) is 14.7. The molecule has 1 amide bonds. The molecule has 1 saturated carbocycles. The fourth-order valence-electron chi connectivity index (χ4n) is 3.32. The predicted octanol–water partition coefficient (Wildman–Crippen LogP) is 3.62. The van der Waals surface area contributed by atoms with Gasteiger partial charge in [-0.3, -0.25) is 9.59 Å². The number of carbonyl (C=O) groups is 2. The van der Waals surface area contributed by atoms with Crippen LogP contribution in [0.3, 0.4) is 0 Å². The largest absolute Gasteiger partial charge is 0.497 e. The standard InChI is InChI=1S/C20H19F2NO4/c1-27-14-5-7-15(18(22)10-14)11-3-6-16(17(21)9-11)19(24)23-13-4-2-12(8-13)20(25)26/h3,5-7,9-10,12-13H,2,4,8H2,1H3,(H,23,24)(H,25,26)/t12-,13+/m0/s1. The quantitative estimate of drug-likeness (QED) is 0.837. The summed E-state index contributed by atoms with van der Waals surface area (Å²) in [5.74, 6) is -2.96. The molecule has 0 bridgehead atoms. The minimum absolute atomic E-state index is 0.161. The van der Waals surface area contributed by atoms with Crippen LogP contribution in [0.1, 0.15) is 29.6 Å². The molecular formula is C20H19F2NO4. The SMILES string of the molecule is COc1ccc(-c2ccc(C(=O)N[C@@H]3CC[C@H](C(=O)O)C3)c(F)c2)c(F)c1. The summed E-state index contributed by atoms with van der Waals surface area (Å²) in [6.45, 7) is 0. The number of nitrogens with one attached hydrogen (secondary N) is 1. The van der Waals surface area contributed by atoms with Gasteiger partial charge in [-0.1, -0.05) is 6.07 Å². The Bertz CT molecular complexity index is 884. The van der Waals surface area contributed by atoms with Gasteiger partial charge < -0.3 is 15.2 Å². The van der Waals surface area contributed by atoms with Crippen molar-refractivity contribution < 1.29 is 28.2 Å². The number of carboxylic acid groups (broad SMARTS) is 1. The number of hydrogen-bond donors (Lipinski definition) is 2. The lowest BCUT2D eigenvalue weighted by Gasteiger charge is -2.13. The molecule has 0 saturated heterocycles. The first-order valence-electron chi connectivity index (χ1n) is 8.56. The van der Waals surface area contributed by atoms with Crippen LogP contribution < -0.4 is 10.1 Å². The predicted molar refractivity (Wildman–Crippen MR) is 94.6 cm³/mol. The van der Waals surface area contributed by atoms with Crippen molar-refractivity contribution in [3.63, 3.8) is 0 Å². The molecule has 2 atom stereocenters. The van der Waals surface area contributed by atoms with Gasteiger partial charge in [-0.2, -0.15) is 0 Å². The number of hydrogen-bond acceptors (Lipinski definition) is 3. The second kappa shape index (κ2) is 7.73. The van der Waals surface area contributed by atoms with Crippen LogP contribution in [0.4, 0.5) is 8.78 Å². The lowest BCUT2D eigenvalue weighted by atomic mass is 10.0. The minimum atomic E-state index is -0.885. The molecule has 2 N–H and O–H groups in total. The molecule has 1 aliphatic rings. The van der Waals surface area contributed by atoms with Crippen LogP contribution in [0, 0.1) is 17.6 Å². The normalized spacial score (nSPS) is 18.9. The summed E-state index contributed by atoms with van der Waals surface area (Å²) in [5.41, 5.74) is 0.337. The summed E-state index contributed by atoms with van der Waals surface area (Å²) in [6, 6.07) is 7.83. The van der Waals surface area contributed by atoms with E-state index < -0.39 is 29.4 Å². The summed E-state index contributed by atoms with van der Waals surface area (Å²) in [4.78, 5) is 23.3. The van der Waals surface area contributed by atoms with Gasteiger partial charge in [-0.25, -0.2) is 8.78 Å². The van der Waals surface area contributed by atoms with Gasteiger partial charge in [-0.15, -0.1) is 0 Å². The minimum Gasteiger partial charge on any atom is -0.497 e. The maximum absolute atomic E-state index is 14.4. The Morgan fingerprint density at radius 3 is 2.48 bits per heavy atom. The van der Waals surface area contributed by atoms with Crippen LogP contribution in [-0.4, -0.2) is 30.1 Å². The molecule has 1 fully saturated rings.